The zero-order valence-corrected chi connectivity index (χ0v) is 20.3. The lowest BCUT2D eigenvalue weighted by Crippen LogP contribution is -2.50. The molecule has 5 nitrogen and oxygen atoms in total. The zero-order valence-electron chi connectivity index (χ0n) is 19.6. The molecular formula is C29H26ClFN2O3. The molecule has 184 valence electrons. The van der Waals surface area contributed by atoms with Gasteiger partial charge in [0.2, 0.25) is 11.8 Å². The fourth-order valence-electron chi connectivity index (χ4n) is 3.92. The SMILES string of the molecule is O=C(NCc1ccco1)[C@H](Cc1ccccc1)N(Cc1ccc(F)cc1)C(=O)Cc1ccc(Cl)cc1. The van der Waals surface area contributed by atoms with E-state index in [9.17, 15) is 14.0 Å². The molecule has 7 heteroatoms. The molecule has 0 bridgehead atoms. The third-order valence-electron chi connectivity index (χ3n) is 5.82. The highest BCUT2D eigenvalue weighted by molar-refractivity contribution is 6.30. The highest BCUT2D eigenvalue weighted by Crippen LogP contribution is 2.18. The molecule has 1 N–H and O–H groups in total. The van der Waals surface area contributed by atoms with Crippen molar-refractivity contribution in [1.29, 1.82) is 0 Å². The summed E-state index contributed by atoms with van der Waals surface area (Å²) in [6.07, 6.45) is 1.95. The zero-order chi connectivity index (χ0) is 25.3. The Morgan fingerprint density at radius 3 is 2.22 bits per heavy atom. The topological polar surface area (TPSA) is 62.6 Å². The Morgan fingerprint density at radius 1 is 0.861 bits per heavy atom. The van der Waals surface area contributed by atoms with Crippen LogP contribution in [0.4, 0.5) is 4.39 Å². The smallest absolute Gasteiger partial charge is 0.243 e. The minimum absolute atomic E-state index is 0.0924. The van der Waals surface area contributed by atoms with Crippen molar-refractivity contribution in [1.82, 2.24) is 10.2 Å². The van der Waals surface area contributed by atoms with Crippen molar-refractivity contribution in [2.45, 2.75) is 32.0 Å². The van der Waals surface area contributed by atoms with Gasteiger partial charge in [0.05, 0.1) is 19.2 Å². The summed E-state index contributed by atoms with van der Waals surface area (Å²) in [7, 11) is 0. The first-order chi connectivity index (χ1) is 17.5. The van der Waals surface area contributed by atoms with Crippen molar-refractivity contribution >= 4 is 23.4 Å². The average Bonchev–Trinajstić information content (AvgIpc) is 3.41. The van der Waals surface area contributed by atoms with E-state index in [2.05, 4.69) is 5.32 Å². The summed E-state index contributed by atoms with van der Waals surface area (Å²) in [5.74, 6) is -0.285. The fourth-order valence-corrected chi connectivity index (χ4v) is 4.05. The number of carbonyl (C=O) groups is 2. The molecule has 0 aliphatic rings. The summed E-state index contributed by atoms with van der Waals surface area (Å²) in [6.45, 7) is 0.352. The number of nitrogens with one attached hydrogen (secondary N) is 1. The van der Waals surface area contributed by atoms with E-state index in [-0.39, 0.29) is 37.1 Å². The van der Waals surface area contributed by atoms with Crippen molar-refractivity contribution in [3.63, 3.8) is 0 Å². The van der Waals surface area contributed by atoms with Crippen LogP contribution in [0.15, 0.2) is 102 Å². The maximum absolute atomic E-state index is 13.7. The number of amides is 2. The normalized spacial score (nSPS) is 11.6. The molecule has 0 saturated heterocycles. The van der Waals surface area contributed by atoms with Gasteiger partial charge in [-0.3, -0.25) is 9.59 Å². The highest BCUT2D eigenvalue weighted by Gasteiger charge is 2.30. The number of hydrogen-bond donors (Lipinski definition) is 1. The average molecular weight is 505 g/mol. The Balaban J connectivity index is 1.64. The summed E-state index contributed by atoms with van der Waals surface area (Å²) in [4.78, 5) is 28.7. The Kier molecular flexibility index (Phi) is 8.53. The van der Waals surface area contributed by atoms with Gasteiger partial charge in [-0.05, 0) is 53.1 Å². The minimum Gasteiger partial charge on any atom is -0.467 e. The molecule has 0 radical (unpaired) electrons. The highest BCUT2D eigenvalue weighted by atomic mass is 35.5. The summed E-state index contributed by atoms with van der Waals surface area (Å²) in [5, 5.41) is 3.48. The van der Waals surface area contributed by atoms with E-state index in [1.54, 1.807) is 59.7 Å². The van der Waals surface area contributed by atoms with Crippen molar-refractivity contribution in [2.24, 2.45) is 0 Å². The van der Waals surface area contributed by atoms with Crippen LogP contribution in [0.3, 0.4) is 0 Å². The number of rotatable bonds is 10. The van der Waals surface area contributed by atoms with Crippen molar-refractivity contribution in [2.75, 3.05) is 0 Å². The number of hydrogen-bond acceptors (Lipinski definition) is 3. The first-order valence-corrected chi connectivity index (χ1v) is 12.0. The van der Waals surface area contributed by atoms with Crippen LogP contribution in [-0.4, -0.2) is 22.8 Å². The molecule has 0 fully saturated rings. The third kappa shape index (κ3) is 7.06. The van der Waals surface area contributed by atoms with Gasteiger partial charge in [-0.1, -0.05) is 66.2 Å². The molecule has 0 saturated carbocycles. The van der Waals surface area contributed by atoms with Crippen LogP contribution < -0.4 is 5.32 Å². The van der Waals surface area contributed by atoms with Crippen LogP contribution >= 0.6 is 11.6 Å². The molecule has 0 aliphatic heterocycles. The van der Waals surface area contributed by atoms with Crippen LogP contribution in [-0.2, 0) is 35.5 Å². The molecule has 3 aromatic carbocycles. The lowest BCUT2D eigenvalue weighted by molar-refractivity contribution is -0.140. The van der Waals surface area contributed by atoms with Crippen molar-refractivity contribution < 1.29 is 18.4 Å². The number of benzene rings is 3. The Morgan fingerprint density at radius 2 is 1.56 bits per heavy atom. The molecule has 1 aromatic heterocycles. The predicted octanol–water partition coefficient (Wildman–Crippen LogP) is 5.57. The quantitative estimate of drug-likeness (QED) is 0.307. The Labute approximate surface area is 214 Å². The lowest BCUT2D eigenvalue weighted by atomic mass is 10.0. The predicted molar refractivity (Wildman–Crippen MR) is 137 cm³/mol. The van der Waals surface area contributed by atoms with Gasteiger partial charge >= 0.3 is 0 Å². The minimum atomic E-state index is -0.799. The second-order valence-electron chi connectivity index (χ2n) is 8.45. The van der Waals surface area contributed by atoms with E-state index < -0.39 is 6.04 Å². The van der Waals surface area contributed by atoms with Gasteiger partial charge in [-0.25, -0.2) is 4.39 Å². The van der Waals surface area contributed by atoms with E-state index >= 15 is 0 Å². The number of halogens is 2. The lowest BCUT2D eigenvalue weighted by Gasteiger charge is -2.31. The first kappa shape index (κ1) is 25.2. The molecule has 0 unspecified atom stereocenters. The van der Waals surface area contributed by atoms with Gasteiger partial charge in [-0.2, -0.15) is 0 Å². The van der Waals surface area contributed by atoms with Crippen LogP contribution in [0.5, 0.6) is 0 Å². The third-order valence-corrected chi connectivity index (χ3v) is 6.07. The molecule has 0 aliphatic carbocycles. The van der Waals surface area contributed by atoms with Crippen LogP contribution in [0.1, 0.15) is 22.5 Å². The number of nitrogens with zero attached hydrogens (tertiary/aromatic N) is 1. The van der Waals surface area contributed by atoms with Gasteiger partial charge in [0.1, 0.15) is 17.6 Å². The maximum Gasteiger partial charge on any atom is 0.243 e. The molecule has 2 amide bonds. The van der Waals surface area contributed by atoms with Crippen LogP contribution in [0.25, 0.3) is 0 Å². The first-order valence-electron chi connectivity index (χ1n) is 11.6. The summed E-state index contributed by atoms with van der Waals surface area (Å²) >= 11 is 6.00. The monoisotopic (exact) mass is 504 g/mol. The number of furan rings is 1. The molecule has 36 heavy (non-hydrogen) atoms. The van der Waals surface area contributed by atoms with Crippen LogP contribution in [0.2, 0.25) is 5.02 Å². The van der Waals surface area contributed by atoms with Gasteiger partial charge in [0, 0.05) is 18.0 Å². The fraction of sp³-hybridized carbons (Fsp3) is 0.172. The summed E-state index contributed by atoms with van der Waals surface area (Å²) < 4.78 is 18.9. The van der Waals surface area contributed by atoms with Gasteiger partial charge in [0.25, 0.3) is 0 Å². The van der Waals surface area contributed by atoms with Gasteiger partial charge in [-0.15, -0.1) is 0 Å². The molecule has 4 aromatic rings. The van der Waals surface area contributed by atoms with E-state index in [1.807, 2.05) is 30.3 Å². The largest absolute Gasteiger partial charge is 0.467 e. The molecular weight excluding hydrogens is 479 g/mol. The van der Waals surface area contributed by atoms with Gasteiger partial charge in [0.15, 0.2) is 0 Å². The number of carbonyl (C=O) groups excluding carboxylic acids is 2. The molecule has 0 spiro atoms. The van der Waals surface area contributed by atoms with Crippen LogP contribution in [0, 0.1) is 5.82 Å². The second kappa shape index (κ2) is 12.2. The molecule has 4 rings (SSSR count). The van der Waals surface area contributed by atoms with E-state index in [4.69, 9.17) is 16.0 Å². The van der Waals surface area contributed by atoms with E-state index in [1.165, 1.54) is 12.1 Å². The van der Waals surface area contributed by atoms with Crippen molar-refractivity contribution in [3.8, 4) is 0 Å². The maximum atomic E-state index is 13.7. The Bertz CT molecular complexity index is 1260. The summed E-state index contributed by atoms with van der Waals surface area (Å²) in [6, 6.07) is 25.2. The van der Waals surface area contributed by atoms with E-state index in [0.717, 1.165) is 16.7 Å². The molecule has 1 heterocycles. The summed E-state index contributed by atoms with van der Waals surface area (Å²) in [5.41, 5.74) is 2.42. The molecule has 1 atom stereocenters. The van der Waals surface area contributed by atoms with Crippen molar-refractivity contribution in [3.05, 3.63) is 131 Å². The van der Waals surface area contributed by atoms with Gasteiger partial charge < -0.3 is 14.6 Å². The standard InChI is InChI=1S/C29H26ClFN2O3/c30-24-12-8-22(9-13-24)18-28(34)33(20-23-10-14-25(31)15-11-23)27(17-21-5-2-1-3-6-21)29(35)32-19-26-7-4-16-36-26/h1-16,27H,17-20H2,(H,32,35)/t27-/m0/s1. The second-order valence-corrected chi connectivity index (χ2v) is 8.89. The van der Waals surface area contributed by atoms with E-state index in [0.29, 0.717) is 17.2 Å². The Hall–Kier alpha value is -3.90.